The lowest BCUT2D eigenvalue weighted by Crippen LogP contribution is -2.31. The molecule has 3 amide bonds. The van der Waals surface area contributed by atoms with Crippen LogP contribution in [0.1, 0.15) is 50.0 Å². The Balaban J connectivity index is 1.67. The number of fused-ring (bicyclic) bond motifs is 1. The molecule has 2 aromatic carbocycles. The molecule has 0 bridgehead atoms. The van der Waals surface area contributed by atoms with Crippen molar-refractivity contribution in [1.82, 2.24) is 10.2 Å². The Kier molecular flexibility index (Phi) is 6.07. The van der Waals surface area contributed by atoms with E-state index in [1.807, 2.05) is 30.3 Å². The van der Waals surface area contributed by atoms with Gasteiger partial charge in [-0.3, -0.25) is 24.1 Å². The van der Waals surface area contributed by atoms with Crippen molar-refractivity contribution < 1.29 is 24.3 Å². The van der Waals surface area contributed by atoms with Crippen molar-refractivity contribution in [2.45, 2.75) is 19.8 Å². The number of amides is 3. The summed E-state index contributed by atoms with van der Waals surface area (Å²) >= 11 is 0. The SMILES string of the molecule is CC(CNC(=O)c1ccc2c(c1)C(=O)N(CCc1ccccc1)C2=O)CC(=O)O. The second-order valence-electron chi connectivity index (χ2n) is 7.17. The van der Waals surface area contributed by atoms with Crippen molar-refractivity contribution in [2.75, 3.05) is 13.1 Å². The molecule has 0 saturated carbocycles. The highest BCUT2D eigenvalue weighted by Crippen LogP contribution is 2.24. The molecule has 1 aliphatic heterocycles. The third-order valence-electron chi connectivity index (χ3n) is 4.83. The predicted molar refractivity (Wildman–Crippen MR) is 106 cm³/mol. The van der Waals surface area contributed by atoms with Crippen molar-refractivity contribution in [3.05, 3.63) is 70.8 Å². The van der Waals surface area contributed by atoms with Crippen LogP contribution >= 0.6 is 0 Å². The van der Waals surface area contributed by atoms with Gasteiger partial charge in [-0.2, -0.15) is 0 Å². The zero-order valence-electron chi connectivity index (χ0n) is 16.1. The topological polar surface area (TPSA) is 104 Å². The molecular weight excluding hydrogens is 372 g/mol. The maximum atomic E-state index is 12.7. The van der Waals surface area contributed by atoms with Gasteiger partial charge >= 0.3 is 5.97 Å². The highest BCUT2D eigenvalue weighted by Gasteiger charge is 2.35. The highest BCUT2D eigenvalue weighted by molar-refractivity contribution is 6.22. The van der Waals surface area contributed by atoms with E-state index in [1.54, 1.807) is 6.92 Å². The monoisotopic (exact) mass is 394 g/mol. The number of benzene rings is 2. The first-order valence-electron chi connectivity index (χ1n) is 9.41. The van der Waals surface area contributed by atoms with Crippen LogP contribution in [0.4, 0.5) is 0 Å². The van der Waals surface area contributed by atoms with Gasteiger partial charge in [-0.05, 0) is 36.1 Å². The van der Waals surface area contributed by atoms with Gasteiger partial charge in [-0.25, -0.2) is 0 Å². The summed E-state index contributed by atoms with van der Waals surface area (Å²) in [6, 6.07) is 14.0. The van der Waals surface area contributed by atoms with Gasteiger partial charge in [-0.15, -0.1) is 0 Å². The summed E-state index contributed by atoms with van der Waals surface area (Å²) in [6.45, 7) is 2.20. The molecule has 0 radical (unpaired) electrons. The molecule has 1 atom stereocenters. The fourth-order valence-corrected chi connectivity index (χ4v) is 3.26. The molecule has 0 aromatic heterocycles. The molecule has 7 nitrogen and oxygen atoms in total. The normalized spacial score (nSPS) is 13.9. The molecule has 29 heavy (non-hydrogen) atoms. The average Bonchev–Trinajstić information content (AvgIpc) is 2.94. The molecule has 2 aromatic rings. The number of nitrogens with zero attached hydrogens (tertiary/aromatic N) is 1. The summed E-state index contributed by atoms with van der Waals surface area (Å²) in [5, 5.41) is 11.4. The van der Waals surface area contributed by atoms with Crippen molar-refractivity contribution in [3.8, 4) is 0 Å². The summed E-state index contributed by atoms with van der Waals surface area (Å²) in [5.74, 6) is -2.32. The van der Waals surface area contributed by atoms with Crippen LogP contribution in [-0.4, -0.2) is 46.8 Å². The van der Waals surface area contributed by atoms with Gasteiger partial charge in [0.15, 0.2) is 0 Å². The molecule has 1 unspecified atom stereocenters. The third-order valence-corrected chi connectivity index (χ3v) is 4.83. The Morgan fingerprint density at radius 3 is 2.41 bits per heavy atom. The standard InChI is InChI=1S/C22H22N2O5/c1-14(11-19(25)26)13-23-20(27)16-7-8-17-18(12-16)22(29)24(21(17)28)10-9-15-5-3-2-4-6-15/h2-8,12,14H,9-11,13H2,1H3,(H,23,27)(H,25,26). The number of hydrogen-bond donors (Lipinski definition) is 2. The summed E-state index contributed by atoms with van der Waals surface area (Å²) in [5.41, 5.74) is 1.80. The van der Waals surface area contributed by atoms with Crippen LogP contribution in [0.25, 0.3) is 0 Å². The summed E-state index contributed by atoms with van der Waals surface area (Å²) in [4.78, 5) is 49.5. The predicted octanol–water partition coefficient (Wildman–Crippen LogP) is 2.37. The van der Waals surface area contributed by atoms with E-state index in [0.29, 0.717) is 12.0 Å². The molecule has 0 spiro atoms. The fourth-order valence-electron chi connectivity index (χ4n) is 3.26. The Morgan fingerprint density at radius 2 is 1.72 bits per heavy atom. The summed E-state index contributed by atoms with van der Waals surface area (Å²) < 4.78 is 0. The number of carbonyl (C=O) groups is 4. The minimum atomic E-state index is -0.927. The molecule has 1 heterocycles. The van der Waals surface area contributed by atoms with Crippen LogP contribution in [0.5, 0.6) is 0 Å². The minimum absolute atomic E-state index is 0.0478. The molecule has 0 fully saturated rings. The minimum Gasteiger partial charge on any atom is -0.481 e. The van der Waals surface area contributed by atoms with Crippen molar-refractivity contribution >= 4 is 23.7 Å². The number of hydrogen-bond acceptors (Lipinski definition) is 4. The van der Waals surface area contributed by atoms with E-state index < -0.39 is 17.8 Å². The average molecular weight is 394 g/mol. The van der Waals surface area contributed by atoms with E-state index in [4.69, 9.17) is 5.11 Å². The van der Waals surface area contributed by atoms with E-state index >= 15 is 0 Å². The fraction of sp³-hybridized carbons (Fsp3) is 0.273. The van der Waals surface area contributed by atoms with Gasteiger partial charge < -0.3 is 10.4 Å². The molecule has 0 saturated heterocycles. The van der Waals surface area contributed by atoms with Gasteiger partial charge in [0.2, 0.25) is 0 Å². The van der Waals surface area contributed by atoms with Gasteiger partial charge in [0.05, 0.1) is 11.1 Å². The zero-order chi connectivity index (χ0) is 21.0. The molecule has 1 aliphatic rings. The van der Waals surface area contributed by atoms with Crippen LogP contribution in [0.3, 0.4) is 0 Å². The molecular formula is C22H22N2O5. The quantitative estimate of drug-likeness (QED) is 0.669. The lowest BCUT2D eigenvalue weighted by molar-refractivity contribution is -0.137. The van der Waals surface area contributed by atoms with Gasteiger partial charge in [0.1, 0.15) is 0 Å². The summed E-state index contributed by atoms with van der Waals surface area (Å²) in [7, 11) is 0. The third kappa shape index (κ3) is 4.68. The number of imide groups is 1. The van der Waals surface area contributed by atoms with Crippen LogP contribution in [0.15, 0.2) is 48.5 Å². The number of carboxylic acid groups (broad SMARTS) is 1. The lowest BCUT2D eigenvalue weighted by atomic mass is 10.0. The van der Waals surface area contributed by atoms with Crippen LogP contribution in [-0.2, 0) is 11.2 Å². The number of carbonyl (C=O) groups excluding carboxylic acids is 3. The number of aliphatic carboxylic acids is 1. The first kappa shape index (κ1) is 20.3. The smallest absolute Gasteiger partial charge is 0.303 e. The van der Waals surface area contributed by atoms with E-state index in [9.17, 15) is 19.2 Å². The van der Waals surface area contributed by atoms with Gasteiger partial charge in [0.25, 0.3) is 17.7 Å². The maximum Gasteiger partial charge on any atom is 0.303 e. The number of nitrogens with one attached hydrogen (secondary N) is 1. The Morgan fingerprint density at radius 1 is 1.03 bits per heavy atom. The first-order valence-corrected chi connectivity index (χ1v) is 9.41. The van der Waals surface area contributed by atoms with E-state index in [2.05, 4.69) is 5.32 Å². The Hall–Kier alpha value is -3.48. The Bertz CT molecular complexity index is 955. The zero-order valence-corrected chi connectivity index (χ0v) is 16.1. The number of carboxylic acids is 1. The van der Waals surface area contributed by atoms with E-state index in [0.717, 1.165) is 5.56 Å². The van der Waals surface area contributed by atoms with Crippen LogP contribution in [0, 0.1) is 5.92 Å². The highest BCUT2D eigenvalue weighted by atomic mass is 16.4. The second-order valence-corrected chi connectivity index (χ2v) is 7.17. The molecule has 7 heteroatoms. The summed E-state index contributed by atoms with van der Waals surface area (Å²) in [6.07, 6.45) is 0.509. The van der Waals surface area contributed by atoms with Crippen LogP contribution < -0.4 is 5.32 Å². The van der Waals surface area contributed by atoms with Gasteiger partial charge in [0, 0.05) is 25.1 Å². The Labute approximate surface area is 168 Å². The van der Waals surface area contributed by atoms with Crippen molar-refractivity contribution in [3.63, 3.8) is 0 Å². The van der Waals surface area contributed by atoms with E-state index in [1.165, 1.54) is 23.1 Å². The maximum absolute atomic E-state index is 12.7. The van der Waals surface area contributed by atoms with Gasteiger partial charge in [-0.1, -0.05) is 37.3 Å². The van der Waals surface area contributed by atoms with Crippen molar-refractivity contribution in [1.29, 1.82) is 0 Å². The van der Waals surface area contributed by atoms with E-state index in [-0.39, 0.29) is 42.5 Å². The molecule has 3 rings (SSSR count). The first-order chi connectivity index (χ1) is 13.9. The largest absolute Gasteiger partial charge is 0.481 e. The number of rotatable bonds is 8. The molecule has 150 valence electrons. The second kappa shape index (κ2) is 8.68. The molecule has 0 aliphatic carbocycles. The van der Waals surface area contributed by atoms with Crippen LogP contribution in [0.2, 0.25) is 0 Å². The lowest BCUT2D eigenvalue weighted by Gasteiger charge is -2.13. The van der Waals surface area contributed by atoms with Crippen molar-refractivity contribution in [2.24, 2.45) is 5.92 Å². The molecule has 2 N–H and O–H groups in total.